The van der Waals surface area contributed by atoms with Crippen molar-refractivity contribution in [3.05, 3.63) is 68.8 Å². The van der Waals surface area contributed by atoms with E-state index in [0.29, 0.717) is 5.75 Å². The van der Waals surface area contributed by atoms with Gasteiger partial charge in [0.1, 0.15) is 23.7 Å². The average molecular weight is 485 g/mol. The SMILES string of the molecule is O=[N+]([O-])c1ccc(OC2CCN(C3CC3)CC2)cc1.O=[N+]([O-])c1ccc(OC2CCNCC2)cc1. The molecule has 0 spiro atoms. The number of benzene rings is 2. The van der Waals surface area contributed by atoms with E-state index in [4.69, 9.17) is 9.47 Å². The van der Waals surface area contributed by atoms with Crippen molar-refractivity contribution in [1.29, 1.82) is 0 Å². The highest BCUT2D eigenvalue weighted by molar-refractivity contribution is 5.36. The predicted octanol–water partition coefficient (Wildman–Crippen LogP) is 4.33. The fourth-order valence-corrected chi connectivity index (χ4v) is 4.39. The summed E-state index contributed by atoms with van der Waals surface area (Å²) in [6.07, 6.45) is 7.25. The van der Waals surface area contributed by atoms with E-state index < -0.39 is 9.85 Å². The van der Waals surface area contributed by atoms with E-state index >= 15 is 0 Å². The molecule has 3 fully saturated rings. The van der Waals surface area contributed by atoms with E-state index in [2.05, 4.69) is 10.2 Å². The Morgan fingerprint density at radius 3 is 1.51 bits per heavy atom. The average Bonchev–Trinajstić information content (AvgIpc) is 3.72. The summed E-state index contributed by atoms with van der Waals surface area (Å²) < 4.78 is 11.6. The molecule has 2 aliphatic heterocycles. The molecule has 2 heterocycles. The smallest absolute Gasteiger partial charge is 0.269 e. The second-order valence-corrected chi connectivity index (χ2v) is 9.15. The van der Waals surface area contributed by atoms with E-state index in [1.807, 2.05) is 0 Å². The molecule has 1 N–H and O–H groups in total. The lowest BCUT2D eigenvalue weighted by Gasteiger charge is -2.32. The van der Waals surface area contributed by atoms with E-state index in [-0.39, 0.29) is 23.6 Å². The number of hydrogen-bond acceptors (Lipinski definition) is 8. The van der Waals surface area contributed by atoms with Gasteiger partial charge in [0.2, 0.25) is 0 Å². The van der Waals surface area contributed by atoms with Crippen LogP contribution in [0.15, 0.2) is 48.5 Å². The quantitative estimate of drug-likeness (QED) is 0.456. The maximum Gasteiger partial charge on any atom is 0.269 e. The van der Waals surface area contributed by atoms with Crippen molar-refractivity contribution in [3.63, 3.8) is 0 Å². The molecule has 5 rings (SSSR count). The highest BCUT2D eigenvalue weighted by atomic mass is 16.6. The minimum Gasteiger partial charge on any atom is -0.490 e. The number of non-ortho nitro benzene ring substituents is 2. The molecule has 188 valence electrons. The Balaban J connectivity index is 0.000000168. The van der Waals surface area contributed by atoms with Gasteiger partial charge in [0.25, 0.3) is 11.4 Å². The van der Waals surface area contributed by atoms with Crippen LogP contribution in [0, 0.1) is 20.2 Å². The third kappa shape index (κ3) is 7.63. The third-order valence-corrected chi connectivity index (χ3v) is 6.53. The first-order chi connectivity index (χ1) is 17.0. The first kappa shape index (κ1) is 24.9. The van der Waals surface area contributed by atoms with Gasteiger partial charge in [-0.2, -0.15) is 0 Å². The van der Waals surface area contributed by atoms with Crippen molar-refractivity contribution >= 4 is 11.4 Å². The first-order valence-corrected chi connectivity index (χ1v) is 12.2. The molecule has 0 bridgehead atoms. The molecule has 3 aliphatic rings. The minimum atomic E-state index is -0.408. The van der Waals surface area contributed by atoms with Gasteiger partial charge in [-0.05, 0) is 75.9 Å². The van der Waals surface area contributed by atoms with Crippen molar-refractivity contribution in [3.8, 4) is 11.5 Å². The predicted molar refractivity (Wildman–Crippen MR) is 131 cm³/mol. The molecule has 1 saturated carbocycles. The molecule has 0 radical (unpaired) electrons. The summed E-state index contributed by atoms with van der Waals surface area (Å²) in [6.45, 7) is 4.17. The summed E-state index contributed by atoms with van der Waals surface area (Å²) in [5, 5.41) is 24.3. The van der Waals surface area contributed by atoms with Crippen LogP contribution in [0.25, 0.3) is 0 Å². The van der Waals surface area contributed by atoms with Gasteiger partial charge in [0, 0.05) is 43.4 Å². The molecule has 0 aromatic heterocycles. The van der Waals surface area contributed by atoms with Gasteiger partial charge in [0.15, 0.2) is 0 Å². The topological polar surface area (TPSA) is 120 Å². The second-order valence-electron chi connectivity index (χ2n) is 9.15. The molecule has 0 amide bonds. The summed E-state index contributed by atoms with van der Waals surface area (Å²) in [7, 11) is 0. The third-order valence-electron chi connectivity index (χ3n) is 6.53. The van der Waals surface area contributed by atoms with E-state index in [0.717, 1.165) is 63.7 Å². The number of likely N-dealkylation sites (tertiary alicyclic amines) is 1. The first-order valence-electron chi connectivity index (χ1n) is 12.2. The van der Waals surface area contributed by atoms with E-state index in [1.165, 1.54) is 37.1 Å². The van der Waals surface area contributed by atoms with Crippen LogP contribution in [0.3, 0.4) is 0 Å². The van der Waals surface area contributed by atoms with Crippen molar-refractivity contribution < 1.29 is 19.3 Å². The van der Waals surface area contributed by atoms with Crippen LogP contribution in [0.2, 0.25) is 0 Å². The number of ether oxygens (including phenoxy) is 2. The zero-order valence-electron chi connectivity index (χ0n) is 19.7. The van der Waals surface area contributed by atoms with Gasteiger partial charge in [-0.15, -0.1) is 0 Å². The van der Waals surface area contributed by atoms with Gasteiger partial charge in [-0.1, -0.05) is 0 Å². The fourth-order valence-electron chi connectivity index (χ4n) is 4.39. The van der Waals surface area contributed by atoms with Crippen LogP contribution in [0.5, 0.6) is 11.5 Å². The molecular formula is C25H32N4O6. The van der Waals surface area contributed by atoms with E-state index in [1.54, 1.807) is 24.3 Å². The Morgan fingerprint density at radius 1 is 0.686 bits per heavy atom. The van der Waals surface area contributed by atoms with Crippen LogP contribution in [0.4, 0.5) is 11.4 Å². The van der Waals surface area contributed by atoms with Gasteiger partial charge in [-0.25, -0.2) is 0 Å². The number of nitrogens with zero attached hydrogens (tertiary/aromatic N) is 3. The molecule has 10 heteroatoms. The lowest BCUT2D eigenvalue weighted by molar-refractivity contribution is -0.385. The van der Waals surface area contributed by atoms with Crippen LogP contribution >= 0.6 is 0 Å². The summed E-state index contributed by atoms with van der Waals surface area (Å²) in [5.41, 5.74) is 0.202. The Hall–Kier alpha value is -3.24. The van der Waals surface area contributed by atoms with Crippen LogP contribution in [0.1, 0.15) is 38.5 Å². The fraction of sp³-hybridized carbons (Fsp3) is 0.520. The van der Waals surface area contributed by atoms with E-state index in [9.17, 15) is 20.2 Å². The molecule has 1 aliphatic carbocycles. The molecule has 2 saturated heterocycles. The highest BCUT2D eigenvalue weighted by Crippen LogP contribution is 2.30. The number of nitro groups is 2. The number of hydrogen-bond donors (Lipinski definition) is 1. The number of piperidine rings is 2. The lowest BCUT2D eigenvalue weighted by atomic mass is 10.1. The van der Waals surface area contributed by atoms with Gasteiger partial charge in [0.05, 0.1) is 9.85 Å². The summed E-state index contributed by atoms with van der Waals surface area (Å²) >= 11 is 0. The molecule has 2 aromatic carbocycles. The van der Waals surface area contributed by atoms with Crippen LogP contribution in [-0.4, -0.2) is 59.2 Å². The zero-order valence-corrected chi connectivity index (χ0v) is 19.7. The van der Waals surface area contributed by atoms with Gasteiger partial charge >= 0.3 is 0 Å². The Kier molecular flexibility index (Phi) is 8.49. The Morgan fingerprint density at radius 2 is 1.11 bits per heavy atom. The molecule has 2 aromatic rings. The number of nitrogens with one attached hydrogen (secondary N) is 1. The highest BCUT2D eigenvalue weighted by Gasteiger charge is 2.32. The van der Waals surface area contributed by atoms with Crippen molar-refractivity contribution in [2.45, 2.75) is 56.8 Å². The second kappa shape index (κ2) is 11.9. The minimum absolute atomic E-state index is 0.0951. The van der Waals surface area contributed by atoms with Gasteiger partial charge in [-0.3, -0.25) is 20.2 Å². The van der Waals surface area contributed by atoms with Crippen LogP contribution < -0.4 is 14.8 Å². The standard InChI is InChI=1S/C14H18N2O3.C11H14N2O3/c17-16(18)12-3-5-13(6-4-12)19-14-7-9-15(10-8-14)11-1-2-11;14-13(15)9-1-3-10(4-2-9)16-11-5-7-12-8-6-11/h3-6,11,14H,1-2,7-10H2;1-4,11-12H,5-8H2. The monoisotopic (exact) mass is 484 g/mol. The van der Waals surface area contributed by atoms with Crippen molar-refractivity contribution in [2.24, 2.45) is 0 Å². The zero-order chi connectivity index (χ0) is 24.6. The molecular weight excluding hydrogens is 452 g/mol. The summed E-state index contributed by atoms with van der Waals surface area (Å²) in [6, 6.07) is 13.4. The molecule has 35 heavy (non-hydrogen) atoms. The number of nitro benzene ring substituents is 2. The molecule has 0 atom stereocenters. The largest absolute Gasteiger partial charge is 0.490 e. The van der Waals surface area contributed by atoms with Crippen LogP contribution in [-0.2, 0) is 0 Å². The maximum atomic E-state index is 10.6. The summed E-state index contributed by atoms with van der Waals surface area (Å²) in [5.74, 6) is 1.44. The normalized spacial score (nSPS) is 19.3. The van der Waals surface area contributed by atoms with Crippen molar-refractivity contribution in [2.75, 3.05) is 26.2 Å². The molecule has 10 nitrogen and oxygen atoms in total. The summed E-state index contributed by atoms with van der Waals surface area (Å²) in [4.78, 5) is 22.8. The maximum absolute atomic E-state index is 10.6. The Bertz CT molecular complexity index is 966. The lowest BCUT2D eigenvalue weighted by Crippen LogP contribution is -2.39. The number of rotatable bonds is 7. The molecule has 0 unspecified atom stereocenters. The van der Waals surface area contributed by atoms with Crippen molar-refractivity contribution in [1.82, 2.24) is 10.2 Å². The Labute approximate surface area is 204 Å². The van der Waals surface area contributed by atoms with Gasteiger partial charge < -0.3 is 19.7 Å².